The van der Waals surface area contributed by atoms with E-state index in [9.17, 15) is 0 Å². The lowest BCUT2D eigenvalue weighted by Gasteiger charge is -2.04. The van der Waals surface area contributed by atoms with Crippen molar-refractivity contribution < 1.29 is 5.11 Å². The molecule has 0 radical (unpaired) electrons. The predicted molar refractivity (Wildman–Crippen MR) is 57.6 cm³/mol. The van der Waals surface area contributed by atoms with Gasteiger partial charge >= 0.3 is 0 Å². The molecule has 2 aromatic rings. The third kappa shape index (κ3) is 2.16. The van der Waals surface area contributed by atoms with Crippen LogP contribution < -0.4 is 0 Å². The van der Waals surface area contributed by atoms with Crippen molar-refractivity contribution in [1.29, 1.82) is 0 Å². The summed E-state index contributed by atoms with van der Waals surface area (Å²) in [5.41, 5.74) is 1.80. The summed E-state index contributed by atoms with van der Waals surface area (Å²) in [5, 5.41) is 17.2. The van der Waals surface area contributed by atoms with Crippen LogP contribution in [0, 0.1) is 0 Å². The number of nitrogens with zero attached hydrogens (tertiary/aromatic N) is 3. The number of aliphatic hydroxyl groups is 1. The van der Waals surface area contributed by atoms with Crippen LogP contribution in [-0.2, 0) is 6.54 Å². The lowest BCUT2D eigenvalue weighted by Crippen LogP contribution is -2.05. The Kier molecular flexibility index (Phi) is 2.99. The van der Waals surface area contributed by atoms with Gasteiger partial charge in [-0.15, -0.1) is 5.10 Å². The number of aromatic nitrogens is 3. The highest BCUT2D eigenvalue weighted by Crippen LogP contribution is 2.21. The highest BCUT2D eigenvalue weighted by atomic mass is 35.5. The van der Waals surface area contributed by atoms with Crippen LogP contribution >= 0.6 is 11.6 Å². The molecule has 0 saturated heterocycles. The van der Waals surface area contributed by atoms with Crippen molar-refractivity contribution in [2.45, 2.75) is 6.54 Å². The molecule has 1 aromatic carbocycles. The van der Waals surface area contributed by atoms with Crippen molar-refractivity contribution in [3.05, 3.63) is 35.5 Å². The molecule has 78 valence electrons. The summed E-state index contributed by atoms with van der Waals surface area (Å²) in [6.07, 6.45) is 1.65. The second kappa shape index (κ2) is 4.42. The molecule has 0 aliphatic heterocycles. The summed E-state index contributed by atoms with van der Waals surface area (Å²) in [7, 11) is 0. The first kappa shape index (κ1) is 10.1. The number of halogens is 1. The maximum atomic E-state index is 8.85. The average Bonchev–Trinajstić information content (AvgIpc) is 2.66. The fraction of sp³-hybridized carbons (Fsp3) is 0.200. The van der Waals surface area contributed by atoms with Crippen molar-refractivity contribution in [1.82, 2.24) is 15.0 Å². The fourth-order valence-electron chi connectivity index (χ4n) is 1.39. The molecule has 0 saturated carbocycles. The molecule has 0 aliphatic carbocycles. The van der Waals surface area contributed by atoms with Gasteiger partial charge in [0.1, 0.15) is 0 Å². The summed E-state index contributed by atoms with van der Waals surface area (Å²) in [6, 6.07) is 7.45. The van der Waals surface area contributed by atoms with Crippen LogP contribution in [0.1, 0.15) is 0 Å². The Morgan fingerprint density at radius 1 is 1.40 bits per heavy atom. The van der Waals surface area contributed by atoms with Gasteiger partial charge in [0.2, 0.25) is 0 Å². The van der Waals surface area contributed by atoms with Crippen molar-refractivity contribution in [3.63, 3.8) is 0 Å². The SMILES string of the molecule is OCCn1nncc1-c1cccc(Cl)c1. The third-order valence-electron chi connectivity index (χ3n) is 2.05. The zero-order chi connectivity index (χ0) is 10.7. The summed E-state index contributed by atoms with van der Waals surface area (Å²) in [4.78, 5) is 0. The van der Waals surface area contributed by atoms with E-state index >= 15 is 0 Å². The van der Waals surface area contributed by atoms with Gasteiger partial charge in [0.05, 0.1) is 25.0 Å². The fourth-order valence-corrected chi connectivity index (χ4v) is 1.58. The molecule has 0 fully saturated rings. The quantitative estimate of drug-likeness (QED) is 0.860. The molecule has 0 spiro atoms. The van der Waals surface area contributed by atoms with Crippen LogP contribution in [0.2, 0.25) is 5.02 Å². The molecule has 5 heteroatoms. The second-order valence-corrected chi connectivity index (χ2v) is 3.51. The van der Waals surface area contributed by atoms with Crippen LogP contribution in [0.5, 0.6) is 0 Å². The number of aliphatic hydroxyl groups excluding tert-OH is 1. The second-order valence-electron chi connectivity index (χ2n) is 3.08. The summed E-state index contributed by atoms with van der Waals surface area (Å²) >= 11 is 5.89. The Morgan fingerprint density at radius 2 is 2.27 bits per heavy atom. The van der Waals surface area contributed by atoms with E-state index in [4.69, 9.17) is 16.7 Å². The van der Waals surface area contributed by atoms with E-state index in [1.807, 2.05) is 24.3 Å². The van der Waals surface area contributed by atoms with E-state index in [2.05, 4.69) is 10.3 Å². The number of hydrogen-bond acceptors (Lipinski definition) is 3. The standard InChI is InChI=1S/C10H10ClN3O/c11-9-3-1-2-8(6-9)10-7-12-13-14(10)4-5-15/h1-3,6-7,15H,4-5H2. The third-order valence-corrected chi connectivity index (χ3v) is 2.28. The van der Waals surface area contributed by atoms with E-state index < -0.39 is 0 Å². The molecular formula is C10H10ClN3O. The van der Waals surface area contributed by atoms with E-state index in [-0.39, 0.29) is 6.61 Å². The van der Waals surface area contributed by atoms with Crippen molar-refractivity contribution in [2.75, 3.05) is 6.61 Å². The molecule has 0 amide bonds. The molecule has 4 nitrogen and oxygen atoms in total. The van der Waals surface area contributed by atoms with Gasteiger partial charge in [0, 0.05) is 10.6 Å². The summed E-state index contributed by atoms with van der Waals surface area (Å²) in [6.45, 7) is 0.471. The minimum absolute atomic E-state index is 0.0386. The number of hydrogen-bond donors (Lipinski definition) is 1. The normalized spacial score (nSPS) is 10.5. The Morgan fingerprint density at radius 3 is 3.00 bits per heavy atom. The van der Waals surface area contributed by atoms with E-state index in [1.165, 1.54) is 0 Å². The molecule has 0 aliphatic rings. The van der Waals surface area contributed by atoms with Gasteiger partial charge in [-0.05, 0) is 12.1 Å². The molecule has 0 bridgehead atoms. The average molecular weight is 224 g/mol. The molecule has 1 N–H and O–H groups in total. The number of rotatable bonds is 3. The first-order chi connectivity index (χ1) is 7.31. The zero-order valence-electron chi connectivity index (χ0n) is 7.97. The maximum absolute atomic E-state index is 8.85. The van der Waals surface area contributed by atoms with Crippen LogP contribution in [0.4, 0.5) is 0 Å². The Bertz CT molecular complexity index is 455. The minimum atomic E-state index is 0.0386. The summed E-state index contributed by atoms with van der Waals surface area (Å²) < 4.78 is 1.64. The van der Waals surface area contributed by atoms with Crippen molar-refractivity contribution in [3.8, 4) is 11.3 Å². The first-order valence-corrected chi connectivity index (χ1v) is 4.94. The van der Waals surface area contributed by atoms with Gasteiger partial charge in [-0.3, -0.25) is 0 Å². The molecule has 1 aromatic heterocycles. The summed E-state index contributed by atoms with van der Waals surface area (Å²) in [5.74, 6) is 0. The van der Waals surface area contributed by atoms with Crippen LogP contribution in [-0.4, -0.2) is 26.7 Å². The molecule has 2 rings (SSSR count). The van der Waals surface area contributed by atoms with Gasteiger partial charge in [0.25, 0.3) is 0 Å². The lowest BCUT2D eigenvalue weighted by atomic mass is 10.2. The number of benzene rings is 1. The minimum Gasteiger partial charge on any atom is -0.394 e. The highest BCUT2D eigenvalue weighted by molar-refractivity contribution is 6.30. The van der Waals surface area contributed by atoms with Crippen LogP contribution in [0.25, 0.3) is 11.3 Å². The largest absolute Gasteiger partial charge is 0.394 e. The smallest absolute Gasteiger partial charge is 0.0887 e. The van der Waals surface area contributed by atoms with E-state index in [0.29, 0.717) is 11.6 Å². The van der Waals surface area contributed by atoms with Gasteiger partial charge in [-0.25, -0.2) is 4.68 Å². The van der Waals surface area contributed by atoms with Gasteiger partial charge in [-0.1, -0.05) is 28.9 Å². The van der Waals surface area contributed by atoms with Crippen molar-refractivity contribution in [2.24, 2.45) is 0 Å². The van der Waals surface area contributed by atoms with Gasteiger partial charge in [0.15, 0.2) is 0 Å². The Labute approximate surface area is 92.1 Å². The molecule has 1 heterocycles. The topological polar surface area (TPSA) is 50.9 Å². The monoisotopic (exact) mass is 223 g/mol. The van der Waals surface area contributed by atoms with Crippen molar-refractivity contribution >= 4 is 11.6 Å². The molecule has 0 atom stereocenters. The predicted octanol–water partition coefficient (Wildman–Crippen LogP) is 1.59. The van der Waals surface area contributed by atoms with E-state index in [1.54, 1.807) is 10.9 Å². The highest BCUT2D eigenvalue weighted by Gasteiger charge is 2.05. The Hall–Kier alpha value is -1.39. The maximum Gasteiger partial charge on any atom is 0.0887 e. The van der Waals surface area contributed by atoms with Gasteiger partial charge < -0.3 is 5.11 Å². The van der Waals surface area contributed by atoms with Crippen LogP contribution in [0.15, 0.2) is 30.5 Å². The lowest BCUT2D eigenvalue weighted by molar-refractivity contribution is 0.269. The zero-order valence-corrected chi connectivity index (χ0v) is 8.72. The molecular weight excluding hydrogens is 214 g/mol. The molecule has 0 unspecified atom stereocenters. The first-order valence-electron chi connectivity index (χ1n) is 4.56. The van der Waals surface area contributed by atoms with E-state index in [0.717, 1.165) is 11.3 Å². The molecule has 15 heavy (non-hydrogen) atoms. The van der Waals surface area contributed by atoms with Crippen LogP contribution in [0.3, 0.4) is 0 Å². The van der Waals surface area contributed by atoms with Gasteiger partial charge in [-0.2, -0.15) is 0 Å². The Balaban J connectivity index is 2.40.